The van der Waals surface area contributed by atoms with Crippen molar-refractivity contribution in [2.75, 3.05) is 34.9 Å². The van der Waals surface area contributed by atoms with Crippen molar-refractivity contribution in [2.24, 2.45) is 5.92 Å². The Morgan fingerprint density at radius 3 is 2.35 bits per heavy atom. The molecule has 0 amide bonds. The van der Waals surface area contributed by atoms with Crippen molar-refractivity contribution in [3.8, 4) is 11.5 Å². The summed E-state index contributed by atoms with van der Waals surface area (Å²) >= 11 is 0. The molecule has 1 aromatic rings. The Bertz CT molecular complexity index is 405. The van der Waals surface area contributed by atoms with Gasteiger partial charge in [0.2, 0.25) is 0 Å². The fourth-order valence-electron chi connectivity index (χ4n) is 2.14. The van der Waals surface area contributed by atoms with E-state index in [0.29, 0.717) is 12.0 Å². The molecular weight excluding hydrogens is 252 g/mol. The molecule has 1 atom stereocenters. The highest BCUT2D eigenvalue weighted by molar-refractivity contribution is 5.40. The van der Waals surface area contributed by atoms with E-state index < -0.39 is 0 Å². The Labute approximate surface area is 123 Å². The number of rotatable bonds is 8. The van der Waals surface area contributed by atoms with E-state index in [0.717, 1.165) is 30.2 Å². The smallest absolute Gasteiger partial charge is 0.127 e. The quantitative estimate of drug-likeness (QED) is 0.793. The number of nitrogens with zero attached hydrogens (tertiary/aromatic N) is 1. The molecular formula is C16H28N2O2. The maximum atomic E-state index is 5.43. The molecule has 0 spiro atoms. The third kappa shape index (κ3) is 5.02. The molecule has 0 aliphatic heterocycles. The minimum absolute atomic E-state index is 0.455. The summed E-state index contributed by atoms with van der Waals surface area (Å²) in [6, 6.07) is 6.40. The van der Waals surface area contributed by atoms with E-state index in [2.05, 4.69) is 44.2 Å². The van der Waals surface area contributed by atoms with Gasteiger partial charge in [-0.05, 0) is 26.1 Å². The molecule has 0 saturated heterocycles. The highest BCUT2D eigenvalue weighted by Crippen LogP contribution is 2.24. The number of ether oxygens (including phenoxy) is 2. The van der Waals surface area contributed by atoms with Crippen LogP contribution in [-0.2, 0) is 6.54 Å². The molecule has 1 N–H and O–H groups in total. The van der Waals surface area contributed by atoms with Crippen LogP contribution in [0.15, 0.2) is 18.2 Å². The Kier molecular flexibility index (Phi) is 6.82. The van der Waals surface area contributed by atoms with Gasteiger partial charge in [0, 0.05) is 30.8 Å². The summed E-state index contributed by atoms with van der Waals surface area (Å²) < 4.78 is 10.7. The molecule has 1 unspecified atom stereocenters. The average molecular weight is 280 g/mol. The fraction of sp³-hybridized carbons (Fsp3) is 0.625. The van der Waals surface area contributed by atoms with Crippen LogP contribution in [0.2, 0.25) is 0 Å². The van der Waals surface area contributed by atoms with Gasteiger partial charge in [-0.25, -0.2) is 0 Å². The number of benzene rings is 1. The first-order chi connectivity index (χ1) is 9.47. The number of nitrogens with one attached hydrogen (secondary N) is 1. The van der Waals surface area contributed by atoms with Crippen LogP contribution in [0.5, 0.6) is 11.5 Å². The summed E-state index contributed by atoms with van der Waals surface area (Å²) in [7, 11) is 7.56. The third-order valence-electron chi connectivity index (χ3n) is 3.42. The summed E-state index contributed by atoms with van der Waals surface area (Å²) in [6.45, 7) is 6.30. The fourth-order valence-corrected chi connectivity index (χ4v) is 2.14. The Morgan fingerprint density at radius 2 is 1.85 bits per heavy atom. The molecule has 0 saturated carbocycles. The molecule has 0 aromatic heterocycles. The highest BCUT2D eigenvalue weighted by Gasteiger charge is 2.14. The van der Waals surface area contributed by atoms with Gasteiger partial charge in [0.25, 0.3) is 0 Å². The first kappa shape index (κ1) is 16.8. The number of methoxy groups -OCH3 is 2. The lowest BCUT2D eigenvalue weighted by atomic mass is 10.0. The van der Waals surface area contributed by atoms with E-state index in [1.54, 1.807) is 14.2 Å². The lowest BCUT2D eigenvalue weighted by Gasteiger charge is -2.26. The first-order valence-electron chi connectivity index (χ1n) is 7.07. The van der Waals surface area contributed by atoms with E-state index in [-0.39, 0.29) is 0 Å². The maximum Gasteiger partial charge on any atom is 0.127 e. The van der Waals surface area contributed by atoms with Crippen molar-refractivity contribution in [3.63, 3.8) is 0 Å². The van der Waals surface area contributed by atoms with E-state index >= 15 is 0 Å². The maximum absolute atomic E-state index is 5.43. The van der Waals surface area contributed by atoms with Crippen LogP contribution in [0.1, 0.15) is 19.4 Å². The van der Waals surface area contributed by atoms with Gasteiger partial charge in [-0.15, -0.1) is 0 Å². The van der Waals surface area contributed by atoms with Crippen LogP contribution in [0.3, 0.4) is 0 Å². The molecule has 1 aromatic carbocycles. The van der Waals surface area contributed by atoms with E-state index in [9.17, 15) is 0 Å². The van der Waals surface area contributed by atoms with Crippen LogP contribution < -0.4 is 14.8 Å². The second-order valence-electron chi connectivity index (χ2n) is 5.67. The SMILES string of the molecule is COc1ccc(CNC(CN(C)C)C(C)C)c(OC)c1. The summed E-state index contributed by atoms with van der Waals surface area (Å²) in [4.78, 5) is 2.21. The molecule has 0 aliphatic rings. The number of hydrogen-bond donors (Lipinski definition) is 1. The number of hydrogen-bond acceptors (Lipinski definition) is 4. The molecule has 20 heavy (non-hydrogen) atoms. The minimum Gasteiger partial charge on any atom is -0.497 e. The van der Waals surface area contributed by atoms with Gasteiger partial charge in [0.15, 0.2) is 0 Å². The second-order valence-corrected chi connectivity index (χ2v) is 5.67. The van der Waals surface area contributed by atoms with Gasteiger partial charge < -0.3 is 19.7 Å². The zero-order chi connectivity index (χ0) is 15.1. The molecule has 4 nitrogen and oxygen atoms in total. The van der Waals surface area contributed by atoms with Crippen molar-refractivity contribution < 1.29 is 9.47 Å². The normalized spacial score (nSPS) is 12.8. The molecule has 0 bridgehead atoms. The molecule has 0 radical (unpaired) electrons. The van der Waals surface area contributed by atoms with Crippen molar-refractivity contribution in [1.29, 1.82) is 0 Å². The third-order valence-corrected chi connectivity index (χ3v) is 3.42. The van der Waals surface area contributed by atoms with Crippen LogP contribution in [0.25, 0.3) is 0 Å². The molecule has 0 fully saturated rings. The standard InChI is InChI=1S/C16H28N2O2/c1-12(2)15(11-18(3)4)17-10-13-7-8-14(19-5)9-16(13)20-6/h7-9,12,15,17H,10-11H2,1-6H3. The zero-order valence-corrected chi connectivity index (χ0v) is 13.6. The van der Waals surface area contributed by atoms with Gasteiger partial charge in [-0.3, -0.25) is 0 Å². The van der Waals surface area contributed by atoms with Crippen LogP contribution in [0.4, 0.5) is 0 Å². The summed E-state index contributed by atoms with van der Waals surface area (Å²) in [5.41, 5.74) is 1.15. The predicted octanol–water partition coefficient (Wildman–Crippen LogP) is 2.38. The lowest BCUT2D eigenvalue weighted by molar-refractivity contribution is 0.286. The van der Waals surface area contributed by atoms with Crippen molar-refractivity contribution in [1.82, 2.24) is 10.2 Å². The number of likely N-dealkylation sites (N-methyl/N-ethyl adjacent to an activating group) is 1. The van der Waals surface area contributed by atoms with Crippen molar-refractivity contribution in [2.45, 2.75) is 26.4 Å². The van der Waals surface area contributed by atoms with Crippen LogP contribution in [-0.4, -0.2) is 45.8 Å². The Morgan fingerprint density at radius 1 is 1.15 bits per heavy atom. The van der Waals surface area contributed by atoms with E-state index in [1.165, 1.54) is 0 Å². The van der Waals surface area contributed by atoms with E-state index in [4.69, 9.17) is 9.47 Å². The lowest BCUT2D eigenvalue weighted by Crippen LogP contribution is -2.41. The summed E-state index contributed by atoms with van der Waals surface area (Å²) in [5, 5.41) is 3.62. The van der Waals surface area contributed by atoms with Gasteiger partial charge in [-0.1, -0.05) is 19.9 Å². The zero-order valence-electron chi connectivity index (χ0n) is 13.6. The molecule has 114 valence electrons. The van der Waals surface area contributed by atoms with Crippen LogP contribution in [0, 0.1) is 5.92 Å². The largest absolute Gasteiger partial charge is 0.497 e. The van der Waals surface area contributed by atoms with E-state index in [1.807, 2.05) is 12.1 Å². The monoisotopic (exact) mass is 280 g/mol. The molecule has 0 heterocycles. The summed E-state index contributed by atoms with van der Waals surface area (Å²) in [5.74, 6) is 2.27. The van der Waals surface area contributed by atoms with Crippen molar-refractivity contribution >= 4 is 0 Å². The van der Waals surface area contributed by atoms with Crippen LogP contribution >= 0.6 is 0 Å². The highest BCUT2D eigenvalue weighted by atomic mass is 16.5. The topological polar surface area (TPSA) is 33.7 Å². The van der Waals surface area contributed by atoms with Crippen molar-refractivity contribution in [3.05, 3.63) is 23.8 Å². The van der Waals surface area contributed by atoms with Gasteiger partial charge >= 0.3 is 0 Å². The van der Waals surface area contributed by atoms with Gasteiger partial charge in [0.05, 0.1) is 14.2 Å². The summed E-state index contributed by atoms with van der Waals surface area (Å²) in [6.07, 6.45) is 0. The molecule has 1 rings (SSSR count). The van der Waals surface area contributed by atoms with Gasteiger partial charge in [0.1, 0.15) is 11.5 Å². The predicted molar refractivity (Wildman–Crippen MR) is 83.6 cm³/mol. The van der Waals surface area contributed by atoms with Gasteiger partial charge in [-0.2, -0.15) is 0 Å². The molecule has 0 aliphatic carbocycles. The first-order valence-corrected chi connectivity index (χ1v) is 7.07. The average Bonchev–Trinajstić information content (AvgIpc) is 2.42. The Hall–Kier alpha value is -1.26. The molecule has 4 heteroatoms. The Balaban J connectivity index is 2.72. The minimum atomic E-state index is 0.455. The second kappa shape index (κ2) is 8.12.